The zero-order valence-corrected chi connectivity index (χ0v) is 8.57. The van der Waals surface area contributed by atoms with E-state index in [-0.39, 0.29) is 0 Å². The molecule has 78 valence electrons. The van der Waals surface area contributed by atoms with Gasteiger partial charge in [-0.1, -0.05) is 5.59 Å². The van der Waals surface area contributed by atoms with Gasteiger partial charge in [-0.25, -0.2) is 0 Å². The van der Waals surface area contributed by atoms with E-state index < -0.39 is 0 Å². The number of rotatable bonds is 2. The van der Waals surface area contributed by atoms with Gasteiger partial charge in [0, 0.05) is 19.6 Å². The number of fused-ring (bicyclic) bond motifs is 2. The smallest absolute Gasteiger partial charge is 0.140 e. The van der Waals surface area contributed by atoms with Crippen LogP contribution in [0.1, 0.15) is 13.3 Å². The summed E-state index contributed by atoms with van der Waals surface area (Å²) < 4.78 is 0. The Kier molecular flexibility index (Phi) is 1.92. The van der Waals surface area contributed by atoms with Crippen molar-refractivity contribution >= 4 is 0 Å². The molecule has 0 aromatic carbocycles. The van der Waals surface area contributed by atoms with Crippen molar-refractivity contribution in [2.75, 3.05) is 26.2 Å². The molecule has 0 radical (unpaired) electrons. The fourth-order valence-corrected chi connectivity index (χ4v) is 2.85. The predicted octanol–water partition coefficient (Wildman–Crippen LogP) is 0.551. The number of piperidine rings is 1. The van der Waals surface area contributed by atoms with Crippen molar-refractivity contribution in [3.05, 3.63) is 12.0 Å². The molecular formula is C10H17N3O. The van der Waals surface area contributed by atoms with E-state index in [1.54, 1.807) is 0 Å². The first-order valence-corrected chi connectivity index (χ1v) is 5.41. The SMILES string of the molecule is CC1=CN(CC2CN3CCC2C3)NO1. The van der Waals surface area contributed by atoms with Crippen LogP contribution < -0.4 is 5.59 Å². The molecule has 0 aromatic heterocycles. The van der Waals surface area contributed by atoms with E-state index in [2.05, 4.69) is 15.5 Å². The molecule has 14 heavy (non-hydrogen) atoms. The number of nitrogens with zero attached hydrogens (tertiary/aromatic N) is 2. The molecule has 0 spiro atoms. The van der Waals surface area contributed by atoms with Gasteiger partial charge in [0.1, 0.15) is 5.76 Å². The standard InChI is InChI=1S/C10H17N3O/c1-8-4-13(11-14-8)7-10-6-12-3-2-9(10)5-12/h4,9-11H,2-3,5-7H2,1H3. The molecule has 0 amide bonds. The van der Waals surface area contributed by atoms with Crippen LogP contribution in [0.25, 0.3) is 0 Å². The third-order valence-corrected chi connectivity index (χ3v) is 3.56. The summed E-state index contributed by atoms with van der Waals surface area (Å²) >= 11 is 0. The van der Waals surface area contributed by atoms with Gasteiger partial charge >= 0.3 is 0 Å². The molecule has 1 N–H and O–H groups in total. The molecule has 4 heteroatoms. The highest BCUT2D eigenvalue weighted by Gasteiger charge is 2.38. The van der Waals surface area contributed by atoms with Crippen molar-refractivity contribution in [1.29, 1.82) is 0 Å². The second-order valence-corrected chi connectivity index (χ2v) is 4.65. The fraction of sp³-hybridized carbons (Fsp3) is 0.800. The summed E-state index contributed by atoms with van der Waals surface area (Å²) in [5.74, 6) is 2.70. The highest BCUT2D eigenvalue weighted by Crippen LogP contribution is 2.33. The van der Waals surface area contributed by atoms with E-state index in [1.807, 2.05) is 13.1 Å². The summed E-state index contributed by atoms with van der Waals surface area (Å²) in [6.07, 6.45) is 3.43. The highest BCUT2D eigenvalue weighted by molar-refractivity contribution is 4.95. The summed E-state index contributed by atoms with van der Waals surface area (Å²) in [5.41, 5.74) is 2.91. The monoisotopic (exact) mass is 195 g/mol. The van der Waals surface area contributed by atoms with Crippen LogP contribution in [0.5, 0.6) is 0 Å². The van der Waals surface area contributed by atoms with Gasteiger partial charge in [-0.3, -0.25) is 5.01 Å². The summed E-state index contributed by atoms with van der Waals surface area (Å²) in [6, 6.07) is 0. The Bertz CT molecular complexity index is 266. The van der Waals surface area contributed by atoms with Crippen LogP contribution in [0.2, 0.25) is 0 Å². The minimum Gasteiger partial charge on any atom is -0.392 e. The topological polar surface area (TPSA) is 27.7 Å². The van der Waals surface area contributed by atoms with Gasteiger partial charge < -0.3 is 9.74 Å². The first-order valence-electron chi connectivity index (χ1n) is 5.41. The van der Waals surface area contributed by atoms with E-state index in [0.29, 0.717) is 0 Å². The second kappa shape index (κ2) is 3.14. The lowest BCUT2D eigenvalue weighted by Gasteiger charge is -2.25. The van der Waals surface area contributed by atoms with Gasteiger partial charge in [0.05, 0.1) is 6.20 Å². The van der Waals surface area contributed by atoms with Crippen LogP contribution in [0.15, 0.2) is 12.0 Å². The Morgan fingerprint density at radius 1 is 1.57 bits per heavy atom. The average molecular weight is 195 g/mol. The second-order valence-electron chi connectivity index (χ2n) is 4.65. The molecule has 0 saturated carbocycles. The van der Waals surface area contributed by atoms with Gasteiger partial charge in [-0.05, 0) is 31.7 Å². The number of hydrogen-bond acceptors (Lipinski definition) is 4. The summed E-state index contributed by atoms with van der Waals surface area (Å²) in [5, 5.41) is 2.07. The Hall–Kier alpha value is -0.740. The fourth-order valence-electron chi connectivity index (χ4n) is 2.85. The van der Waals surface area contributed by atoms with Crippen molar-refractivity contribution in [2.45, 2.75) is 13.3 Å². The maximum Gasteiger partial charge on any atom is 0.140 e. The average Bonchev–Trinajstić information content (AvgIpc) is 2.82. The minimum atomic E-state index is 0.821. The number of allylic oxidation sites excluding steroid dienone is 1. The lowest BCUT2D eigenvalue weighted by atomic mass is 9.92. The van der Waals surface area contributed by atoms with Crippen molar-refractivity contribution in [2.24, 2.45) is 11.8 Å². The molecule has 2 bridgehead atoms. The molecular weight excluding hydrogens is 178 g/mol. The maximum absolute atomic E-state index is 5.18. The summed E-state index contributed by atoms with van der Waals surface area (Å²) in [4.78, 5) is 7.75. The highest BCUT2D eigenvalue weighted by atomic mass is 16.7. The first kappa shape index (κ1) is 8.56. The van der Waals surface area contributed by atoms with Crippen molar-refractivity contribution in [3.63, 3.8) is 0 Å². The summed E-state index contributed by atoms with van der Waals surface area (Å²) in [7, 11) is 0. The van der Waals surface area contributed by atoms with Crippen molar-refractivity contribution in [1.82, 2.24) is 15.5 Å². The van der Waals surface area contributed by atoms with E-state index >= 15 is 0 Å². The van der Waals surface area contributed by atoms with E-state index in [9.17, 15) is 0 Å². The maximum atomic E-state index is 5.18. The zero-order valence-electron chi connectivity index (χ0n) is 8.57. The lowest BCUT2D eigenvalue weighted by molar-refractivity contribution is 0.0110. The zero-order chi connectivity index (χ0) is 9.54. The molecule has 3 rings (SSSR count). The predicted molar refractivity (Wildman–Crippen MR) is 52.7 cm³/mol. The molecule has 4 nitrogen and oxygen atoms in total. The molecule has 0 aromatic rings. The molecule has 2 fully saturated rings. The lowest BCUT2D eigenvalue weighted by Crippen LogP contribution is -2.37. The molecule has 3 heterocycles. The van der Waals surface area contributed by atoms with E-state index in [1.165, 1.54) is 26.1 Å². The van der Waals surface area contributed by atoms with Crippen molar-refractivity contribution in [3.8, 4) is 0 Å². The first-order chi connectivity index (χ1) is 6.81. The van der Waals surface area contributed by atoms with Crippen molar-refractivity contribution < 1.29 is 4.84 Å². The normalized spacial score (nSPS) is 40.2. The third kappa shape index (κ3) is 1.38. The quantitative estimate of drug-likeness (QED) is 0.696. The molecule has 2 saturated heterocycles. The van der Waals surface area contributed by atoms with Crippen LogP contribution in [0.3, 0.4) is 0 Å². The van der Waals surface area contributed by atoms with Crippen LogP contribution >= 0.6 is 0 Å². The van der Waals surface area contributed by atoms with E-state index in [0.717, 1.165) is 24.1 Å². The van der Waals surface area contributed by atoms with Crippen LogP contribution in [-0.4, -0.2) is 36.1 Å². The van der Waals surface area contributed by atoms with Gasteiger partial charge in [-0.2, -0.15) is 0 Å². The number of hydrazine groups is 1. The van der Waals surface area contributed by atoms with Crippen LogP contribution in [0, 0.1) is 11.8 Å². The molecule has 0 aliphatic carbocycles. The number of hydrogen-bond donors (Lipinski definition) is 1. The third-order valence-electron chi connectivity index (χ3n) is 3.56. The Morgan fingerprint density at radius 2 is 2.50 bits per heavy atom. The summed E-state index contributed by atoms with van der Waals surface area (Å²) in [6.45, 7) is 6.97. The Morgan fingerprint density at radius 3 is 3.07 bits per heavy atom. The molecule has 3 aliphatic rings. The largest absolute Gasteiger partial charge is 0.392 e. The van der Waals surface area contributed by atoms with Gasteiger partial charge in [0.2, 0.25) is 0 Å². The minimum absolute atomic E-state index is 0.821. The molecule has 3 unspecified atom stereocenters. The van der Waals surface area contributed by atoms with E-state index in [4.69, 9.17) is 4.84 Å². The van der Waals surface area contributed by atoms with Crippen LogP contribution in [0.4, 0.5) is 0 Å². The Balaban J connectivity index is 1.58. The Labute approximate surface area is 84.4 Å². The van der Waals surface area contributed by atoms with Gasteiger partial charge in [-0.15, -0.1) is 0 Å². The molecule has 3 atom stereocenters. The van der Waals surface area contributed by atoms with Gasteiger partial charge in [0.15, 0.2) is 0 Å². The molecule has 3 aliphatic heterocycles. The number of nitrogens with one attached hydrogen (secondary N) is 1. The van der Waals surface area contributed by atoms with Gasteiger partial charge in [0.25, 0.3) is 0 Å². The van der Waals surface area contributed by atoms with Crippen LogP contribution in [-0.2, 0) is 4.84 Å².